The van der Waals surface area contributed by atoms with Crippen LogP contribution in [0.3, 0.4) is 0 Å². The first-order valence-corrected chi connectivity index (χ1v) is 14.0. The second kappa shape index (κ2) is 16.5. The van der Waals surface area contributed by atoms with E-state index in [2.05, 4.69) is 51.2 Å². The van der Waals surface area contributed by atoms with E-state index in [9.17, 15) is 0 Å². The summed E-state index contributed by atoms with van der Waals surface area (Å²) in [6.07, 6.45) is 16.2. The van der Waals surface area contributed by atoms with Crippen molar-refractivity contribution in [3.8, 4) is 0 Å². The van der Waals surface area contributed by atoms with Gasteiger partial charge in [0.2, 0.25) is 0 Å². The molecule has 3 heteroatoms. The molecule has 4 atom stereocenters. The fraction of sp³-hybridized carbons (Fsp3) is 1.00. The minimum atomic E-state index is 0.362. The Balaban J connectivity index is 2.27. The third kappa shape index (κ3) is 11.4. The zero-order valence-corrected chi connectivity index (χ0v) is 20.4. The van der Waals surface area contributed by atoms with Crippen molar-refractivity contribution in [1.82, 2.24) is 0 Å². The van der Waals surface area contributed by atoms with Crippen molar-refractivity contribution in [2.75, 3.05) is 18.1 Å². The molecule has 0 spiro atoms. The number of hydrogen-bond donors (Lipinski definition) is 1. The predicted molar refractivity (Wildman–Crippen MR) is 128 cm³/mol. The molecule has 4 unspecified atom stereocenters. The lowest BCUT2D eigenvalue weighted by molar-refractivity contribution is 0.251. The zero-order chi connectivity index (χ0) is 19.9. The van der Waals surface area contributed by atoms with Gasteiger partial charge in [0.1, 0.15) is 0 Å². The van der Waals surface area contributed by atoms with Crippen LogP contribution in [0.5, 0.6) is 0 Å². The van der Waals surface area contributed by atoms with Gasteiger partial charge in [0.25, 0.3) is 0 Å². The van der Waals surface area contributed by atoms with Gasteiger partial charge >= 0.3 is 0 Å². The van der Waals surface area contributed by atoms with Gasteiger partial charge in [0, 0.05) is 17.1 Å². The summed E-state index contributed by atoms with van der Waals surface area (Å²) in [5.74, 6) is 5.32. The van der Waals surface area contributed by atoms with Crippen molar-refractivity contribution in [2.24, 2.45) is 17.8 Å². The second-order valence-electron chi connectivity index (χ2n) is 9.08. The van der Waals surface area contributed by atoms with Crippen LogP contribution < -0.4 is 0 Å². The average molecular weight is 417 g/mol. The third-order valence-corrected chi connectivity index (χ3v) is 9.40. The Morgan fingerprint density at radius 1 is 0.778 bits per heavy atom. The van der Waals surface area contributed by atoms with Gasteiger partial charge in [-0.25, -0.2) is 0 Å². The molecule has 0 saturated heterocycles. The highest BCUT2D eigenvalue weighted by molar-refractivity contribution is 8.00. The van der Waals surface area contributed by atoms with Crippen LogP contribution in [0.15, 0.2) is 0 Å². The lowest BCUT2D eigenvalue weighted by Gasteiger charge is -2.42. The van der Waals surface area contributed by atoms with Crippen LogP contribution in [-0.4, -0.2) is 33.7 Å². The van der Waals surface area contributed by atoms with E-state index < -0.39 is 0 Å². The van der Waals surface area contributed by atoms with Crippen LogP contribution in [0, 0.1) is 17.8 Å². The van der Waals surface area contributed by atoms with Gasteiger partial charge in [-0.05, 0) is 61.4 Å². The number of aliphatic hydroxyl groups excluding tert-OH is 1. The number of aliphatic hydroxyl groups is 1. The number of unbranched alkanes of at least 4 members (excludes halogenated alkanes) is 8. The quantitative estimate of drug-likeness (QED) is 0.259. The van der Waals surface area contributed by atoms with E-state index in [0.29, 0.717) is 6.61 Å². The molecule has 0 aromatic carbocycles. The van der Waals surface area contributed by atoms with Crippen molar-refractivity contribution in [1.29, 1.82) is 0 Å². The molecule has 1 saturated carbocycles. The minimum Gasteiger partial charge on any atom is -0.396 e. The minimum absolute atomic E-state index is 0.362. The van der Waals surface area contributed by atoms with Gasteiger partial charge in [-0.1, -0.05) is 72.6 Å². The fourth-order valence-electron chi connectivity index (χ4n) is 4.39. The number of thioether (sulfide) groups is 2. The molecule has 0 aliphatic heterocycles. The summed E-state index contributed by atoms with van der Waals surface area (Å²) in [4.78, 5) is 0. The van der Waals surface area contributed by atoms with Crippen LogP contribution in [0.25, 0.3) is 0 Å². The maximum absolute atomic E-state index is 8.89. The molecule has 27 heavy (non-hydrogen) atoms. The Labute approximate surface area is 179 Å². The van der Waals surface area contributed by atoms with Crippen molar-refractivity contribution < 1.29 is 5.11 Å². The van der Waals surface area contributed by atoms with Crippen molar-refractivity contribution in [2.45, 2.75) is 115 Å². The normalized spacial score (nSPS) is 26.0. The lowest BCUT2D eigenvalue weighted by atomic mass is 9.77. The van der Waals surface area contributed by atoms with Crippen molar-refractivity contribution in [3.63, 3.8) is 0 Å². The molecule has 0 radical (unpaired) electrons. The molecule has 0 aromatic rings. The highest BCUT2D eigenvalue weighted by Gasteiger charge is 2.36. The largest absolute Gasteiger partial charge is 0.396 e. The summed E-state index contributed by atoms with van der Waals surface area (Å²) < 4.78 is 0. The number of hydrogen-bond acceptors (Lipinski definition) is 3. The first-order valence-electron chi connectivity index (χ1n) is 11.9. The van der Waals surface area contributed by atoms with Gasteiger partial charge in [0.05, 0.1) is 0 Å². The maximum atomic E-state index is 8.89. The van der Waals surface area contributed by atoms with E-state index >= 15 is 0 Å². The van der Waals surface area contributed by atoms with Gasteiger partial charge in [-0.3, -0.25) is 0 Å². The topological polar surface area (TPSA) is 20.2 Å². The van der Waals surface area contributed by atoms with E-state index in [1.54, 1.807) is 0 Å². The van der Waals surface area contributed by atoms with Crippen LogP contribution in [0.1, 0.15) is 105 Å². The van der Waals surface area contributed by atoms with E-state index in [1.165, 1.54) is 82.1 Å². The van der Waals surface area contributed by atoms with E-state index in [4.69, 9.17) is 5.11 Å². The molecular weight excluding hydrogens is 368 g/mol. The van der Waals surface area contributed by atoms with Gasteiger partial charge < -0.3 is 5.11 Å². The molecule has 1 aliphatic rings. The molecule has 1 nitrogen and oxygen atoms in total. The molecule has 0 bridgehead atoms. The molecule has 0 aromatic heterocycles. The monoisotopic (exact) mass is 416 g/mol. The predicted octanol–water partition coefficient (Wildman–Crippen LogP) is 7.81. The van der Waals surface area contributed by atoms with Crippen LogP contribution in [0.2, 0.25) is 0 Å². The van der Waals surface area contributed by atoms with Gasteiger partial charge in [-0.2, -0.15) is 23.5 Å². The van der Waals surface area contributed by atoms with Crippen LogP contribution in [0.4, 0.5) is 0 Å². The first kappa shape index (κ1) is 25.7. The lowest BCUT2D eigenvalue weighted by Crippen LogP contribution is -2.37. The Morgan fingerprint density at radius 2 is 1.33 bits per heavy atom. The molecule has 0 heterocycles. The van der Waals surface area contributed by atoms with E-state index in [-0.39, 0.29) is 0 Å². The zero-order valence-electron chi connectivity index (χ0n) is 18.8. The Morgan fingerprint density at radius 3 is 1.93 bits per heavy atom. The highest BCUT2D eigenvalue weighted by Crippen LogP contribution is 2.44. The summed E-state index contributed by atoms with van der Waals surface area (Å²) in [5.41, 5.74) is 0. The molecule has 162 valence electrons. The Kier molecular flexibility index (Phi) is 15.7. The summed E-state index contributed by atoms with van der Waals surface area (Å²) in [6, 6.07) is 0. The van der Waals surface area contributed by atoms with Gasteiger partial charge in [0.15, 0.2) is 0 Å². The summed E-state index contributed by atoms with van der Waals surface area (Å²) in [6.45, 7) is 10.1. The Bertz CT molecular complexity index is 334. The highest BCUT2D eigenvalue weighted by atomic mass is 32.2. The molecular formula is C24H48OS2. The molecule has 1 rings (SSSR count). The van der Waals surface area contributed by atoms with Crippen LogP contribution >= 0.6 is 23.5 Å². The molecule has 1 aliphatic carbocycles. The standard InChI is InChI=1S/C24H48OS2/c1-5-6-7-8-10-13-16-26-23-19-22(20(2)3)24(18-21(23)4)27-17-14-11-9-12-15-25/h20-25H,5-19H2,1-4H3. The molecule has 0 amide bonds. The number of rotatable bonds is 16. The Hall–Kier alpha value is 0.660. The summed E-state index contributed by atoms with van der Waals surface area (Å²) >= 11 is 4.56. The maximum Gasteiger partial charge on any atom is 0.0431 e. The molecule has 1 N–H and O–H groups in total. The third-order valence-electron chi connectivity index (χ3n) is 6.29. The van der Waals surface area contributed by atoms with Crippen molar-refractivity contribution in [3.05, 3.63) is 0 Å². The van der Waals surface area contributed by atoms with E-state index in [0.717, 1.165) is 34.7 Å². The average Bonchev–Trinajstić information content (AvgIpc) is 2.64. The smallest absolute Gasteiger partial charge is 0.0431 e. The van der Waals surface area contributed by atoms with Crippen LogP contribution in [-0.2, 0) is 0 Å². The van der Waals surface area contributed by atoms with E-state index in [1.807, 2.05) is 0 Å². The summed E-state index contributed by atoms with van der Waals surface area (Å²) in [5, 5.41) is 10.7. The fourth-order valence-corrected chi connectivity index (χ4v) is 7.65. The summed E-state index contributed by atoms with van der Waals surface area (Å²) in [7, 11) is 0. The van der Waals surface area contributed by atoms with Gasteiger partial charge in [-0.15, -0.1) is 0 Å². The SMILES string of the molecule is CCCCCCCCSC1CC(C(C)C)C(SCCCCCCO)CC1C. The van der Waals surface area contributed by atoms with Crippen molar-refractivity contribution >= 4 is 23.5 Å². The first-order chi connectivity index (χ1) is 13.1. The molecule has 1 fully saturated rings. The second-order valence-corrected chi connectivity index (χ2v) is 11.8.